The molecule has 23 heavy (non-hydrogen) atoms. The Morgan fingerprint density at radius 1 is 1.43 bits per heavy atom. The lowest BCUT2D eigenvalue weighted by Crippen LogP contribution is -2.50. The van der Waals surface area contributed by atoms with Gasteiger partial charge in [-0.3, -0.25) is 9.78 Å². The molecule has 128 valence electrons. The van der Waals surface area contributed by atoms with Crippen molar-refractivity contribution in [1.29, 1.82) is 0 Å². The van der Waals surface area contributed by atoms with Crippen molar-refractivity contribution in [2.75, 3.05) is 19.8 Å². The third kappa shape index (κ3) is 4.64. The van der Waals surface area contributed by atoms with Crippen LogP contribution in [-0.4, -0.2) is 42.7 Å². The Hall–Kier alpha value is -1.21. The van der Waals surface area contributed by atoms with Crippen LogP contribution in [0.1, 0.15) is 35.3 Å². The van der Waals surface area contributed by atoms with Gasteiger partial charge in [0.15, 0.2) is 0 Å². The first-order valence-corrected chi connectivity index (χ1v) is 8.03. The second-order valence-electron chi connectivity index (χ2n) is 6.13. The zero-order chi connectivity index (χ0) is 15.4. The van der Waals surface area contributed by atoms with Crippen LogP contribution in [0.2, 0.25) is 0 Å². The number of pyridine rings is 1. The molecule has 4 N–H and O–H groups in total. The average Bonchev–Trinajstić information content (AvgIpc) is 3.02. The number of rotatable bonds is 5. The normalized spacial score (nSPS) is 27.4. The molecule has 3 rings (SSSR count). The number of primary amides is 1. The molecular weight excluding hydrogens is 316 g/mol. The number of nitrogens with one attached hydrogen (secondary N) is 2. The SMILES string of the molecule is Cl.NC(=O)c1ccc(CNC2CCCC2C2COCCN2)cn1. The Labute approximate surface area is 143 Å². The molecule has 7 heteroatoms. The maximum absolute atomic E-state index is 11.0. The monoisotopic (exact) mass is 340 g/mol. The number of carbonyl (C=O) groups excluding carboxylic acids is 1. The predicted octanol–water partition coefficient (Wildman–Crippen LogP) is 0.849. The summed E-state index contributed by atoms with van der Waals surface area (Å²) in [5.74, 6) is 0.136. The van der Waals surface area contributed by atoms with E-state index in [4.69, 9.17) is 10.5 Å². The Morgan fingerprint density at radius 2 is 2.30 bits per heavy atom. The van der Waals surface area contributed by atoms with E-state index < -0.39 is 5.91 Å². The molecule has 0 bridgehead atoms. The highest BCUT2D eigenvalue weighted by molar-refractivity contribution is 5.90. The number of halogens is 1. The van der Waals surface area contributed by atoms with Crippen molar-refractivity contribution in [3.8, 4) is 0 Å². The minimum absolute atomic E-state index is 0. The van der Waals surface area contributed by atoms with Gasteiger partial charge < -0.3 is 21.1 Å². The number of hydrogen-bond acceptors (Lipinski definition) is 5. The van der Waals surface area contributed by atoms with Crippen LogP contribution < -0.4 is 16.4 Å². The number of nitrogens with two attached hydrogens (primary N) is 1. The van der Waals surface area contributed by atoms with E-state index in [1.54, 1.807) is 12.3 Å². The maximum atomic E-state index is 11.0. The Kier molecular flexibility index (Phi) is 6.77. The summed E-state index contributed by atoms with van der Waals surface area (Å²) >= 11 is 0. The van der Waals surface area contributed by atoms with Gasteiger partial charge in [-0.2, -0.15) is 0 Å². The summed E-state index contributed by atoms with van der Waals surface area (Å²) < 4.78 is 5.60. The quantitative estimate of drug-likeness (QED) is 0.739. The van der Waals surface area contributed by atoms with Gasteiger partial charge in [0.05, 0.1) is 13.2 Å². The number of amides is 1. The average molecular weight is 341 g/mol. The Morgan fingerprint density at radius 3 is 2.96 bits per heavy atom. The lowest BCUT2D eigenvalue weighted by Gasteiger charge is -2.33. The Bertz CT molecular complexity index is 505. The summed E-state index contributed by atoms with van der Waals surface area (Å²) in [6.07, 6.45) is 5.44. The van der Waals surface area contributed by atoms with Crippen molar-refractivity contribution in [2.45, 2.75) is 37.9 Å². The molecule has 3 atom stereocenters. The number of nitrogens with zero attached hydrogens (tertiary/aromatic N) is 1. The van der Waals surface area contributed by atoms with E-state index in [0.717, 1.165) is 31.9 Å². The van der Waals surface area contributed by atoms with E-state index in [1.807, 2.05) is 6.07 Å². The van der Waals surface area contributed by atoms with Gasteiger partial charge in [-0.15, -0.1) is 12.4 Å². The van der Waals surface area contributed by atoms with Crippen LogP contribution in [0.5, 0.6) is 0 Å². The molecule has 2 heterocycles. The van der Waals surface area contributed by atoms with Gasteiger partial charge in [-0.1, -0.05) is 12.5 Å². The van der Waals surface area contributed by atoms with Crippen LogP contribution in [0, 0.1) is 5.92 Å². The first-order chi connectivity index (χ1) is 10.7. The molecule has 2 aliphatic rings. The molecular formula is C16H25ClN4O2. The molecule has 1 amide bonds. The second-order valence-corrected chi connectivity index (χ2v) is 6.13. The fraction of sp³-hybridized carbons (Fsp3) is 0.625. The van der Waals surface area contributed by atoms with E-state index in [2.05, 4.69) is 15.6 Å². The number of aromatic nitrogens is 1. The van der Waals surface area contributed by atoms with Crippen LogP contribution in [0.25, 0.3) is 0 Å². The largest absolute Gasteiger partial charge is 0.379 e. The number of ether oxygens (including phenoxy) is 1. The third-order valence-electron chi connectivity index (χ3n) is 4.68. The Balaban J connectivity index is 0.00000192. The van der Waals surface area contributed by atoms with Crippen LogP contribution >= 0.6 is 12.4 Å². The minimum Gasteiger partial charge on any atom is -0.379 e. The van der Waals surface area contributed by atoms with Gasteiger partial charge in [0.2, 0.25) is 0 Å². The van der Waals surface area contributed by atoms with Gasteiger partial charge in [-0.25, -0.2) is 0 Å². The number of hydrogen-bond donors (Lipinski definition) is 3. The van der Waals surface area contributed by atoms with Crippen molar-refractivity contribution >= 4 is 18.3 Å². The molecule has 2 fully saturated rings. The van der Waals surface area contributed by atoms with Gasteiger partial charge in [0.1, 0.15) is 5.69 Å². The highest BCUT2D eigenvalue weighted by Gasteiger charge is 2.34. The van der Waals surface area contributed by atoms with Gasteiger partial charge in [0, 0.05) is 31.4 Å². The van der Waals surface area contributed by atoms with Crippen molar-refractivity contribution in [3.63, 3.8) is 0 Å². The molecule has 3 unspecified atom stereocenters. The molecule has 6 nitrogen and oxygen atoms in total. The van der Waals surface area contributed by atoms with Gasteiger partial charge >= 0.3 is 0 Å². The molecule has 0 spiro atoms. The number of carbonyl (C=O) groups is 1. The lowest BCUT2D eigenvalue weighted by molar-refractivity contribution is 0.0524. The standard InChI is InChI=1S/C16H24N4O2.ClH/c17-16(21)14-5-4-11(9-20-14)8-19-13-3-1-2-12(13)15-10-22-7-6-18-15;/h4-5,9,12-13,15,18-19H,1-3,6-8,10H2,(H2,17,21);1H. The molecule has 0 aromatic carbocycles. The maximum Gasteiger partial charge on any atom is 0.267 e. The van der Waals surface area contributed by atoms with E-state index >= 15 is 0 Å². The van der Waals surface area contributed by atoms with Crippen LogP contribution in [0.15, 0.2) is 18.3 Å². The van der Waals surface area contributed by atoms with Crippen molar-refractivity contribution in [2.24, 2.45) is 11.7 Å². The van der Waals surface area contributed by atoms with Crippen LogP contribution in [0.4, 0.5) is 0 Å². The van der Waals surface area contributed by atoms with Crippen LogP contribution in [0.3, 0.4) is 0 Å². The third-order valence-corrected chi connectivity index (χ3v) is 4.68. The fourth-order valence-electron chi connectivity index (χ4n) is 3.51. The van der Waals surface area contributed by atoms with E-state index in [-0.39, 0.29) is 12.4 Å². The van der Waals surface area contributed by atoms with Crippen molar-refractivity contribution in [3.05, 3.63) is 29.6 Å². The molecule has 1 saturated carbocycles. The summed E-state index contributed by atoms with van der Waals surface area (Å²) in [5, 5.41) is 7.22. The van der Waals surface area contributed by atoms with E-state index in [0.29, 0.717) is 23.7 Å². The zero-order valence-electron chi connectivity index (χ0n) is 13.2. The highest BCUT2D eigenvalue weighted by atomic mass is 35.5. The van der Waals surface area contributed by atoms with Gasteiger partial charge in [-0.05, 0) is 30.4 Å². The van der Waals surface area contributed by atoms with Gasteiger partial charge in [0.25, 0.3) is 5.91 Å². The fourth-order valence-corrected chi connectivity index (χ4v) is 3.51. The summed E-state index contributed by atoms with van der Waals surface area (Å²) in [5.41, 5.74) is 6.59. The van der Waals surface area contributed by atoms with Crippen molar-refractivity contribution < 1.29 is 9.53 Å². The minimum atomic E-state index is -0.487. The highest BCUT2D eigenvalue weighted by Crippen LogP contribution is 2.29. The summed E-state index contributed by atoms with van der Waals surface area (Å²) in [6.45, 7) is 3.35. The van der Waals surface area contributed by atoms with E-state index in [9.17, 15) is 4.79 Å². The molecule has 1 aliphatic heterocycles. The van der Waals surface area contributed by atoms with Crippen molar-refractivity contribution in [1.82, 2.24) is 15.6 Å². The summed E-state index contributed by atoms with van der Waals surface area (Å²) in [7, 11) is 0. The number of morpholine rings is 1. The lowest BCUT2D eigenvalue weighted by atomic mass is 9.94. The molecule has 1 aliphatic carbocycles. The first-order valence-electron chi connectivity index (χ1n) is 8.03. The molecule has 1 aromatic rings. The molecule has 0 radical (unpaired) electrons. The molecule has 1 saturated heterocycles. The van der Waals surface area contributed by atoms with E-state index in [1.165, 1.54) is 19.3 Å². The van der Waals surface area contributed by atoms with Crippen LogP contribution in [-0.2, 0) is 11.3 Å². The molecule has 1 aromatic heterocycles. The first kappa shape index (κ1) is 18.1. The summed E-state index contributed by atoms with van der Waals surface area (Å²) in [4.78, 5) is 15.1. The predicted molar refractivity (Wildman–Crippen MR) is 90.6 cm³/mol. The zero-order valence-corrected chi connectivity index (χ0v) is 14.0. The second kappa shape index (κ2) is 8.59. The summed E-state index contributed by atoms with van der Waals surface area (Å²) in [6, 6.07) is 4.56. The topological polar surface area (TPSA) is 89.3 Å². The smallest absolute Gasteiger partial charge is 0.267 e.